The van der Waals surface area contributed by atoms with Crippen LogP contribution in [-0.2, 0) is 15.6 Å². The van der Waals surface area contributed by atoms with Gasteiger partial charge in [-0.3, -0.25) is 0 Å². The van der Waals surface area contributed by atoms with Gasteiger partial charge in [-0.05, 0) is 70.8 Å². The lowest BCUT2D eigenvalue weighted by Crippen LogP contribution is -2.66. The van der Waals surface area contributed by atoms with Crippen LogP contribution in [-0.4, -0.2) is 38.2 Å². The molecule has 0 saturated carbocycles. The van der Waals surface area contributed by atoms with Crippen molar-refractivity contribution < 1.29 is 19.1 Å². The van der Waals surface area contributed by atoms with Crippen LogP contribution in [0.3, 0.4) is 0 Å². The maximum Gasteiger partial charge on any atom is 0.338 e. The smallest absolute Gasteiger partial charge is 0.338 e. The fourth-order valence-electron chi connectivity index (χ4n) is 5.89. The Morgan fingerprint density at radius 3 is 1.80 bits per heavy atom. The van der Waals surface area contributed by atoms with Crippen molar-refractivity contribution in [3.05, 3.63) is 145 Å². The number of rotatable bonds is 15. The van der Waals surface area contributed by atoms with E-state index in [2.05, 4.69) is 88.0 Å². The fraction of sp³-hybridized carbons (Fsp3) is 0.308. The summed E-state index contributed by atoms with van der Waals surface area (Å²) in [6.07, 6.45) is 1.88. The van der Waals surface area contributed by atoms with Crippen LogP contribution in [0.1, 0.15) is 62.4 Å². The Morgan fingerprint density at radius 2 is 1.27 bits per heavy atom. The van der Waals surface area contributed by atoms with Gasteiger partial charge in [0.15, 0.2) is 0 Å². The minimum Gasteiger partial charge on any atom is -0.454 e. The third kappa shape index (κ3) is 8.66. The number of benzene rings is 4. The summed E-state index contributed by atoms with van der Waals surface area (Å²) < 4.78 is 13.1. The summed E-state index contributed by atoms with van der Waals surface area (Å²) in [6, 6.07) is 40.3. The molecule has 5 heteroatoms. The molecule has 0 bridgehead atoms. The number of aryl methyl sites for hydroxylation is 1. The van der Waals surface area contributed by atoms with E-state index in [0.717, 1.165) is 12.0 Å². The van der Waals surface area contributed by atoms with Crippen molar-refractivity contribution in [2.24, 2.45) is 0 Å². The minimum atomic E-state index is -2.67. The zero-order valence-electron chi connectivity index (χ0n) is 26.3. The SMILES string of the molecule is C=C(C[C@H](O)CCc1ccccc1)[C@H](CCCO[Si](c1ccccc1)(c1ccccc1)C(C)(C)C)OC(=O)c1ccccc1. The molecule has 4 aromatic rings. The molecule has 0 spiro atoms. The zero-order chi connectivity index (χ0) is 31.4. The average molecular weight is 607 g/mol. The van der Waals surface area contributed by atoms with Crippen LogP contribution in [0.4, 0.5) is 0 Å². The van der Waals surface area contributed by atoms with Crippen LogP contribution in [0.2, 0.25) is 5.04 Å². The highest BCUT2D eigenvalue weighted by molar-refractivity contribution is 6.99. The number of hydrogen-bond acceptors (Lipinski definition) is 4. The molecule has 1 N–H and O–H groups in total. The Bertz CT molecular complexity index is 1390. The van der Waals surface area contributed by atoms with E-state index in [1.165, 1.54) is 15.9 Å². The van der Waals surface area contributed by atoms with E-state index in [4.69, 9.17) is 9.16 Å². The summed E-state index contributed by atoms with van der Waals surface area (Å²) in [4.78, 5) is 13.1. The van der Waals surface area contributed by atoms with Gasteiger partial charge >= 0.3 is 5.97 Å². The van der Waals surface area contributed by atoms with Gasteiger partial charge in [-0.15, -0.1) is 0 Å². The van der Waals surface area contributed by atoms with Crippen LogP contribution >= 0.6 is 0 Å². The second kappa shape index (κ2) is 15.8. The molecule has 4 nitrogen and oxygen atoms in total. The van der Waals surface area contributed by atoms with Crippen LogP contribution in [0.25, 0.3) is 0 Å². The number of aliphatic hydroxyl groups excluding tert-OH is 1. The molecule has 0 amide bonds. The summed E-state index contributed by atoms with van der Waals surface area (Å²) in [5.74, 6) is -0.386. The third-order valence-electron chi connectivity index (χ3n) is 8.17. The standard InChI is InChI=1S/C39H46O4Si/c1-31(30-34(40)28-27-32-18-9-5-10-19-32)37(43-38(41)33-20-11-6-12-21-33)26-17-29-42-44(39(2,3)4,35-22-13-7-14-23-35)36-24-15-8-16-25-36/h5-16,18-25,34,37,40H,1,17,26-30H2,2-4H3/t34-,37+/m1/s1. The normalized spacial score (nSPS) is 13.2. The molecule has 0 radical (unpaired) electrons. The van der Waals surface area contributed by atoms with Gasteiger partial charge in [-0.25, -0.2) is 4.79 Å². The first kappa shape index (κ1) is 33.1. The second-order valence-corrected chi connectivity index (χ2v) is 16.8. The highest BCUT2D eigenvalue weighted by atomic mass is 28.4. The first-order valence-electron chi connectivity index (χ1n) is 15.6. The van der Waals surface area contributed by atoms with Crippen molar-refractivity contribution in [2.75, 3.05) is 6.61 Å². The first-order chi connectivity index (χ1) is 21.2. The van der Waals surface area contributed by atoms with E-state index in [1.54, 1.807) is 12.1 Å². The molecule has 0 aromatic heterocycles. The molecule has 0 aliphatic heterocycles. The van der Waals surface area contributed by atoms with Gasteiger partial charge in [0.2, 0.25) is 0 Å². The zero-order valence-corrected chi connectivity index (χ0v) is 27.3. The largest absolute Gasteiger partial charge is 0.454 e. The molecule has 0 aliphatic rings. The van der Waals surface area contributed by atoms with Crippen LogP contribution in [0.5, 0.6) is 0 Å². The van der Waals surface area contributed by atoms with E-state index in [-0.39, 0.29) is 11.0 Å². The lowest BCUT2D eigenvalue weighted by atomic mass is 9.97. The van der Waals surface area contributed by atoms with Crippen molar-refractivity contribution in [1.29, 1.82) is 0 Å². The van der Waals surface area contributed by atoms with Gasteiger partial charge in [0, 0.05) is 6.61 Å². The van der Waals surface area contributed by atoms with E-state index in [0.29, 0.717) is 37.9 Å². The molecule has 0 unspecified atom stereocenters. The molecule has 0 heterocycles. The Balaban J connectivity index is 1.48. The van der Waals surface area contributed by atoms with E-state index in [9.17, 15) is 9.90 Å². The molecule has 4 rings (SSSR count). The highest BCUT2D eigenvalue weighted by Crippen LogP contribution is 2.37. The lowest BCUT2D eigenvalue weighted by Gasteiger charge is -2.43. The van der Waals surface area contributed by atoms with Crippen molar-refractivity contribution in [3.63, 3.8) is 0 Å². The molecule has 2 atom stereocenters. The maximum atomic E-state index is 13.1. The van der Waals surface area contributed by atoms with Crippen molar-refractivity contribution in [2.45, 2.75) is 70.1 Å². The molecule has 44 heavy (non-hydrogen) atoms. The van der Waals surface area contributed by atoms with E-state index >= 15 is 0 Å². The summed E-state index contributed by atoms with van der Waals surface area (Å²) in [5.41, 5.74) is 2.41. The van der Waals surface area contributed by atoms with Crippen LogP contribution in [0, 0.1) is 0 Å². The van der Waals surface area contributed by atoms with Gasteiger partial charge < -0.3 is 14.3 Å². The monoisotopic (exact) mass is 606 g/mol. The number of carbonyl (C=O) groups excluding carboxylic acids is 1. The first-order valence-corrected chi connectivity index (χ1v) is 17.5. The number of carbonyl (C=O) groups is 1. The highest BCUT2D eigenvalue weighted by Gasteiger charge is 2.50. The summed E-state index contributed by atoms with van der Waals surface area (Å²) in [6.45, 7) is 11.6. The summed E-state index contributed by atoms with van der Waals surface area (Å²) in [7, 11) is -2.67. The van der Waals surface area contributed by atoms with Gasteiger partial charge in [0.1, 0.15) is 6.10 Å². The van der Waals surface area contributed by atoms with Gasteiger partial charge in [0.25, 0.3) is 8.32 Å². The quantitative estimate of drug-likeness (QED) is 0.0659. The fourth-order valence-corrected chi connectivity index (χ4v) is 10.5. The maximum absolute atomic E-state index is 13.1. The molecular formula is C39H46O4Si. The minimum absolute atomic E-state index is 0.124. The Labute approximate surface area is 264 Å². The predicted molar refractivity (Wildman–Crippen MR) is 183 cm³/mol. The average Bonchev–Trinajstić information content (AvgIpc) is 3.04. The predicted octanol–water partition coefficient (Wildman–Crippen LogP) is 7.51. The molecule has 230 valence electrons. The number of hydrogen-bond donors (Lipinski definition) is 1. The molecule has 0 saturated heterocycles. The van der Waals surface area contributed by atoms with Gasteiger partial charge in [-0.1, -0.05) is 137 Å². The second-order valence-electron chi connectivity index (χ2n) is 12.5. The summed E-state index contributed by atoms with van der Waals surface area (Å²) >= 11 is 0. The number of ether oxygens (including phenoxy) is 1. The van der Waals surface area contributed by atoms with Crippen LogP contribution in [0.15, 0.2) is 133 Å². The van der Waals surface area contributed by atoms with Gasteiger partial charge in [0.05, 0.1) is 11.7 Å². The number of aliphatic hydroxyl groups is 1. The Morgan fingerprint density at radius 1 is 0.773 bits per heavy atom. The molecular weight excluding hydrogens is 561 g/mol. The summed E-state index contributed by atoms with van der Waals surface area (Å²) in [5, 5.41) is 13.2. The van der Waals surface area contributed by atoms with E-state index in [1.807, 2.05) is 48.5 Å². The topological polar surface area (TPSA) is 55.8 Å². The third-order valence-corrected chi connectivity index (χ3v) is 13.2. The van der Waals surface area contributed by atoms with Crippen molar-refractivity contribution in [3.8, 4) is 0 Å². The Hall–Kier alpha value is -3.77. The van der Waals surface area contributed by atoms with Crippen molar-refractivity contribution in [1.82, 2.24) is 0 Å². The van der Waals surface area contributed by atoms with E-state index < -0.39 is 20.5 Å². The molecule has 0 aliphatic carbocycles. The lowest BCUT2D eigenvalue weighted by molar-refractivity contribution is 0.0324. The van der Waals surface area contributed by atoms with Crippen molar-refractivity contribution >= 4 is 24.7 Å². The van der Waals surface area contributed by atoms with Gasteiger partial charge in [-0.2, -0.15) is 0 Å². The Kier molecular flexibility index (Phi) is 11.9. The molecule has 0 fully saturated rings. The molecule has 4 aromatic carbocycles. The number of esters is 1. The van der Waals surface area contributed by atoms with Crippen LogP contribution < -0.4 is 10.4 Å².